The number of carbonyl (C=O) groups is 5. The molecule has 21 heteroatoms. The van der Waals surface area contributed by atoms with Crippen LogP contribution < -0.4 is 15.4 Å². The summed E-state index contributed by atoms with van der Waals surface area (Å²) in [6, 6.07) is 3.31. The highest BCUT2D eigenvalue weighted by atomic mass is 32.1. The van der Waals surface area contributed by atoms with Crippen LogP contribution in [0, 0.1) is 0 Å². The first-order valence-corrected chi connectivity index (χ1v) is 21.7. The van der Waals surface area contributed by atoms with E-state index >= 15 is 0 Å². The Morgan fingerprint density at radius 1 is 0.844 bits per heavy atom. The van der Waals surface area contributed by atoms with Gasteiger partial charge in [-0.15, -0.1) is 0 Å². The maximum atomic E-state index is 13.9. The maximum absolute atomic E-state index is 13.9. The smallest absolute Gasteiger partial charge is 0.220 e. The van der Waals surface area contributed by atoms with E-state index in [1.165, 1.54) is 32.2 Å². The number of hydrogen-bond acceptors (Lipinski definition) is 19. The molecule has 0 radical (unpaired) electrons. The van der Waals surface area contributed by atoms with Crippen LogP contribution in [0.1, 0.15) is 81.7 Å². The van der Waals surface area contributed by atoms with Crippen molar-refractivity contribution in [2.24, 2.45) is 0 Å². The number of aromatic hydroxyl groups is 2. The fourth-order valence-electron chi connectivity index (χ4n) is 7.76. The van der Waals surface area contributed by atoms with E-state index in [9.17, 15) is 49.5 Å². The van der Waals surface area contributed by atoms with Crippen LogP contribution in [0.5, 0.6) is 17.2 Å². The van der Waals surface area contributed by atoms with Crippen molar-refractivity contribution in [3.8, 4) is 17.2 Å². The summed E-state index contributed by atoms with van der Waals surface area (Å²) in [5.41, 5.74) is -4.17. The summed E-state index contributed by atoms with van der Waals surface area (Å²) in [6.45, 7) is 4.74. The zero-order chi connectivity index (χ0) is 46.4. The highest BCUT2D eigenvalue weighted by Crippen LogP contribution is 2.52. The molecule has 0 bridgehead atoms. The number of fused-ring (bicyclic) bond motifs is 3. The second-order valence-corrected chi connectivity index (χ2v) is 15.8. The first-order chi connectivity index (χ1) is 30.8. The van der Waals surface area contributed by atoms with Gasteiger partial charge in [0.1, 0.15) is 35.6 Å². The van der Waals surface area contributed by atoms with Crippen LogP contribution in [0.2, 0.25) is 0 Å². The molecule has 5 rings (SSSR count). The average Bonchev–Trinajstić information content (AvgIpc) is 3.27. The van der Waals surface area contributed by atoms with Crippen LogP contribution >= 0.6 is 12.6 Å². The minimum atomic E-state index is -2.36. The summed E-state index contributed by atoms with van der Waals surface area (Å²) >= 11 is 4.06. The molecule has 1 heterocycles. The lowest BCUT2D eigenvalue weighted by atomic mass is 9.72. The number of benzene rings is 2. The normalized spacial score (nSPS) is 22.6. The first kappa shape index (κ1) is 50.7. The van der Waals surface area contributed by atoms with Gasteiger partial charge in [-0.2, -0.15) is 12.6 Å². The molecule has 2 aliphatic carbocycles. The molecule has 7 N–H and O–H groups in total. The molecule has 1 aliphatic heterocycles. The van der Waals surface area contributed by atoms with Crippen molar-refractivity contribution in [2.75, 3.05) is 92.1 Å². The number of aliphatic hydroxyl groups is 3. The quantitative estimate of drug-likeness (QED) is 0.0300. The number of carbonyl (C=O) groups excluding carboxylic acids is 5. The number of ketones is 3. The second kappa shape index (κ2) is 24.3. The fraction of sp³-hybridized carbons (Fsp3) is 0.605. The SMILES string of the molecule is COc1cccc2c1C(=O)c1c(O)c3c(c(O)c1C2=O)C[C@@](O)(C(=O)CO)C[C@@H]3O[C@H]1C[C@H](NC(=O)CCC(=O)NCCOCCOCCOCCOCCOCCS)[C@H](O)[C@H](C)O1. The number of thiol groups is 1. The lowest BCUT2D eigenvalue weighted by Gasteiger charge is -2.43. The van der Waals surface area contributed by atoms with Crippen molar-refractivity contribution in [2.45, 2.75) is 75.3 Å². The van der Waals surface area contributed by atoms with Gasteiger partial charge < -0.3 is 74.1 Å². The number of methoxy groups -OCH3 is 1. The predicted molar refractivity (Wildman–Crippen MR) is 226 cm³/mol. The molecular weight excluding hydrogens is 865 g/mol. The third-order valence-electron chi connectivity index (χ3n) is 11.0. The molecule has 3 aliphatic rings. The van der Waals surface area contributed by atoms with Crippen LogP contribution in [0.3, 0.4) is 0 Å². The lowest BCUT2D eigenvalue weighted by Crippen LogP contribution is -2.56. The number of nitrogens with one attached hydrogen (secondary N) is 2. The van der Waals surface area contributed by atoms with E-state index in [0.717, 1.165) is 0 Å². The number of rotatable bonds is 26. The molecule has 6 atom stereocenters. The topological polar surface area (TPSA) is 284 Å². The van der Waals surface area contributed by atoms with Crippen molar-refractivity contribution in [3.63, 3.8) is 0 Å². The van der Waals surface area contributed by atoms with E-state index in [1.807, 2.05) is 0 Å². The maximum Gasteiger partial charge on any atom is 0.220 e. The number of phenolic OH excluding ortho intramolecular Hbond substituents is 2. The Balaban J connectivity index is 1.11. The molecular formula is C43H58N2O18S. The van der Waals surface area contributed by atoms with Gasteiger partial charge in [0.25, 0.3) is 0 Å². The minimum absolute atomic E-state index is 0.0489. The highest BCUT2D eigenvalue weighted by Gasteiger charge is 2.50. The van der Waals surface area contributed by atoms with Gasteiger partial charge >= 0.3 is 0 Å². The zero-order valence-corrected chi connectivity index (χ0v) is 36.7. The molecule has 2 aromatic rings. The third-order valence-corrected chi connectivity index (χ3v) is 11.2. The number of amides is 2. The molecule has 354 valence electrons. The van der Waals surface area contributed by atoms with E-state index in [1.54, 1.807) is 0 Å². The van der Waals surface area contributed by atoms with Crippen molar-refractivity contribution >= 4 is 41.8 Å². The minimum Gasteiger partial charge on any atom is -0.507 e. The van der Waals surface area contributed by atoms with E-state index in [-0.39, 0.29) is 60.4 Å². The third kappa shape index (κ3) is 12.5. The Morgan fingerprint density at radius 3 is 2.05 bits per heavy atom. The number of phenols is 2. The van der Waals surface area contributed by atoms with Gasteiger partial charge in [-0.05, 0) is 13.0 Å². The highest BCUT2D eigenvalue weighted by molar-refractivity contribution is 7.80. The van der Waals surface area contributed by atoms with Gasteiger partial charge in [-0.25, -0.2) is 0 Å². The van der Waals surface area contributed by atoms with Crippen LogP contribution in [-0.2, 0) is 54.0 Å². The molecule has 0 saturated carbocycles. The first-order valence-electron chi connectivity index (χ1n) is 21.0. The summed E-state index contributed by atoms with van der Waals surface area (Å²) in [5, 5.41) is 61.0. The molecule has 0 spiro atoms. The van der Waals surface area contributed by atoms with E-state index in [4.69, 9.17) is 37.9 Å². The Hall–Kier alpha value is -4.26. The number of Topliss-reactive ketones (excluding diaryl/α,β-unsaturated/α-hetero) is 1. The van der Waals surface area contributed by atoms with E-state index in [0.29, 0.717) is 65.2 Å². The number of ether oxygens (including phenoxy) is 8. The molecule has 0 aromatic heterocycles. The van der Waals surface area contributed by atoms with Crippen LogP contribution in [0.4, 0.5) is 0 Å². The number of hydrogen-bond donors (Lipinski definition) is 8. The molecule has 0 unspecified atom stereocenters. The van der Waals surface area contributed by atoms with E-state index in [2.05, 4.69) is 23.3 Å². The van der Waals surface area contributed by atoms with Gasteiger partial charge in [-0.1, -0.05) is 12.1 Å². The van der Waals surface area contributed by atoms with Gasteiger partial charge in [-0.3, -0.25) is 24.0 Å². The van der Waals surface area contributed by atoms with Crippen LogP contribution in [-0.4, -0.2) is 177 Å². The molecule has 2 amide bonds. The Labute approximate surface area is 375 Å². The molecule has 1 saturated heterocycles. The zero-order valence-electron chi connectivity index (χ0n) is 35.8. The summed E-state index contributed by atoms with van der Waals surface area (Å²) < 4.78 is 44.4. The summed E-state index contributed by atoms with van der Waals surface area (Å²) in [6.07, 6.45) is -6.80. The van der Waals surface area contributed by atoms with E-state index < -0.39 is 107 Å². The van der Waals surface area contributed by atoms with Crippen molar-refractivity contribution < 1.29 is 87.4 Å². The largest absolute Gasteiger partial charge is 0.507 e. The molecule has 64 heavy (non-hydrogen) atoms. The Bertz CT molecular complexity index is 1970. The Morgan fingerprint density at radius 2 is 1.44 bits per heavy atom. The molecule has 20 nitrogen and oxygen atoms in total. The van der Waals surface area contributed by atoms with Crippen molar-refractivity contribution in [3.05, 3.63) is 51.6 Å². The van der Waals surface area contributed by atoms with Crippen LogP contribution in [0.15, 0.2) is 18.2 Å². The van der Waals surface area contributed by atoms with Crippen LogP contribution in [0.25, 0.3) is 0 Å². The van der Waals surface area contributed by atoms with Gasteiger partial charge in [0.05, 0.1) is 108 Å². The predicted octanol–water partition coefficient (Wildman–Crippen LogP) is 0.0680. The fourth-order valence-corrected chi connectivity index (χ4v) is 7.89. The summed E-state index contributed by atoms with van der Waals surface area (Å²) in [4.78, 5) is 66.1. The standard InChI is InChI=1S/C43H58N2O18S/c1-24-38(50)27(45-32(49)7-6-31(48)44-8-9-57-10-11-58-12-13-59-14-15-60-16-17-61-18-19-64)20-33(62-24)63-29-22-43(55,30(47)23-46)21-26-35(29)42(54)37-36(40(26)52)39(51)25-4-3-5-28(56-2)34(25)41(37)53/h3-5,24,27,29,33,38,46,50,52,54-55,64H,6-23H2,1-2H3,(H,44,48)(H,45,49)/t24-,27-,29-,33-,38+,43-/m0/s1. The second-order valence-electron chi connectivity index (χ2n) is 15.3. The molecule has 1 fully saturated rings. The Kier molecular flexibility index (Phi) is 19.3. The van der Waals surface area contributed by atoms with Gasteiger partial charge in [0.2, 0.25) is 17.6 Å². The molecule has 2 aromatic carbocycles. The summed E-state index contributed by atoms with van der Waals surface area (Å²) in [7, 11) is 1.30. The van der Waals surface area contributed by atoms with Gasteiger partial charge in [0, 0.05) is 61.1 Å². The lowest BCUT2D eigenvalue weighted by molar-refractivity contribution is -0.249. The van der Waals surface area contributed by atoms with Gasteiger partial charge in [0.15, 0.2) is 17.9 Å². The van der Waals surface area contributed by atoms with Crippen molar-refractivity contribution in [1.29, 1.82) is 0 Å². The summed E-state index contributed by atoms with van der Waals surface area (Å²) in [5.74, 6) is -4.47. The van der Waals surface area contributed by atoms with Crippen molar-refractivity contribution in [1.82, 2.24) is 10.6 Å². The average molecular weight is 923 g/mol. The number of aliphatic hydroxyl groups excluding tert-OH is 2. The monoisotopic (exact) mass is 922 g/mol.